The van der Waals surface area contributed by atoms with Crippen LogP contribution in [0.1, 0.15) is 0 Å². The summed E-state index contributed by atoms with van der Waals surface area (Å²) in [6.45, 7) is 0. The summed E-state index contributed by atoms with van der Waals surface area (Å²) in [5.41, 5.74) is 0. The van der Waals surface area contributed by atoms with Crippen LogP contribution in [0.15, 0.2) is 0 Å². The summed E-state index contributed by atoms with van der Waals surface area (Å²) >= 11 is 1.06. The van der Waals surface area contributed by atoms with Crippen molar-refractivity contribution in [3.05, 3.63) is 0 Å². The van der Waals surface area contributed by atoms with Crippen molar-refractivity contribution in [3.8, 4) is 0 Å². The van der Waals surface area contributed by atoms with E-state index in [2.05, 4.69) is 5.76 Å². The Balaban J connectivity index is -0.00000000167. The second-order valence-electron chi connectivity index (χ2n) is 0. The van der Waals surface area contributed by atoms with Gasteiger partial charge in [-0.1, -0.05) is 0 Å². The molecule has 0 aliphatic rings. The topological polar surface area (TPSA) is 0 Å². The van der Waals surface area contributed by atoms with E-state index in [1.54, 1.807) is 0 Å². The fraction of sp³-hybridized carbons (Fsp3) is 1.00. The standard InChI is InChI=1S/CH6Ge.3HI/c1-2;;;/h1-2H3;3*1H. The van der Waals surface area contributed by atoms with E-state index in [9.17, 15) is 0 Å². The molecule has 0 amide bonds. The van der Waals surface area contributed by atoms with Gasteiger partial charge in [-0.15, -0.1) is 71.9 Å². The summed E-state index contributed by atoms with van der Waals surface area (Å²) in [6, 6.07) is 0. The van der Waals surface area contributed by atoms with Gasteiger partial charge in [-0.05, 0) is 0 Å². The maximum absolute atomic E-state index is 2.19. The first-order valence-electron chi connectivity index (χ1n) is 1.00. The first-order valence-corrected chi connectivity index (χ1v) is 5.20. The first kappa shape index (κ1) is 25.2. The Morgan fingerprint density at radius 2 is 0.800 bits per heavy atom. The molecule has 0 fully saturated rings. The van der Waals surface area contributed by atoms with Crippen molar-refractivity contribution in [3.63, 3.8) is 0 Å². The van der Waals surface area contributed by atoms with E-state index in [-0.39, 0.29) is 71.9 Å². The van der Waals surface area contributed by atoms with Crippen LogP contribution in [0.2, 0.25) is 5.76 Å². The molecule has 4 heteroatoms. The zero-order valence-electron chi connectivity index (χ0n) is 3.22. The molecule has 0 saturated heterocycles. The quantitative estimate of drug-likeness (QED) is 0.367. The summed E-state index contributed by atoms with van der Waals surface area (Å²) < 4.78 is 0. The molecule has 5 heavy (non-hydrogen) atoms. The molecule has 0 rings (SSSR count). The molecular formula is CH9GeI3. The molecule has 0 bridgehead atoms. The number of rotatable bonds is 0. The Bertz CT molecular complexity index is 6.85. The van der Waals surface area contributed by atoms with Gasteiger partial charge in [0.2, 0.25) is 0 Å². The van der Waals surface area contributed by atoms with Crippen LogP contribution in [0.25, 0.3) is 0 Å². The fourth-order valence-corrected chi connectivity index (χ4v) is 0. The Kier molecular flexibility index (Phi) is 149. The van der Waals surface area contributed by atoms with Crippen LogP contribution < -0.4 is 0 Å². The number of halogens is 3. The SMILES string of the molecule is I.I.I.[CH3][GeH3]. The van der Waals surface area contributed by atoms with Crippen molar-refractivity contribution < 1.29 is 0 Å². The van der Waals surface area contributed by atoms with Crippen LogP contribution in [-0.4, -0.2) is 16.5 Å². The number of hydrogen-bond donors (Lipinski definition) is 0. The molecule has 0 nitrogen and oxygen atoms in total. The van der Waals surface area contributed by atoms with E-state index in [0.717, 1.165) is 16.5 Å². The van der Waals surface area contributed by atoms with Crippen molar-refractivity contribution >= 4 is 88.4 Å². The van der Waals surface area contributed by atoms with Gasteiger partial charge < -0.3 is 0 Å². The molecule has 0 heterocycles. The van der Waals surface area contributed by atoms with Gasteiger partial charge in [0.25, 0.3) is 0 Å². The second-order valence-corrected chi connectivity index (χ2v) is 0. The summed E-state index contributed by atoms with van der Waals surface area (Å²) in [4.78, 5) is 0. The normalized spacial score (nSPS) is 1.80. The monoisotopic (exact) mass is 476 g/mol. The van der Waals surface area contributed by atoms with Crippen molar-refractivity contribution in [2.24, 2.45) is 0 Å². The van der Waals surface area contributed by atoms with E-state index < -0.39 is 0 Å². The van der Waals surface area contributed by atoms with E-state index in [1.165, 1.54) is 0 Å². The van der Waals surface area contributed by atoms with Crippen LogP contribution in [-0.2, 0) is 0 Å². The molecule has 0 N–H and O–H groups in total. The van der Waals surface area contributed by atoms with Crippen LogP contribution in [0.4, 0.5) is 0 Å². The summed E-state index contributed by atoms with van der Waals surface area (Å²) in [5, 5.41) is 0. The first-order chi connectivity index (χ1) is 1.00. The summed E-state index contributed by atoms with van der Waals surface area (Å²) in [5.74, 6) is 2.19. The van der Waals surface area contributed by atoms with Crippen LogP contribution in [0.5, 0.6) is 0 Å². The second kappa shape index (κ2) is 29.6. The molecular weight excluding hydrogens is 465 g/mol. The average Bonchev–Trinajstić information content (AvgIpc) is 1.00. The van der Waals surface area contributed by atoms with Gasteiger partial charge in [-0.25, -0.2) is 0 Å². The van der Waals surface area contributed by atoms with Crippen LogP contribution in [0, 0.1) is 0 Å². The molecule has 0 unspecified atom stereocenters. The molecule has 0 aromatic carbocycles. The van der Waals surface area contributed by atoms with Gasteiger partial charge in [0.15, 0.2) is 0 Å². The van der Waals surface area contributed by atoms with Crippen molar-refractivity contribution in [2.45, 2.75) is 5.76 Å². The molecule has 0 saturated carbocycles. The minimum absolute atomic E-state index is 0. The third-order valence-corrected chi connectivity index (χ3v) is 0. The molecule has 0 spiro atoms. The molecule has 0 aromatic heterocycles. The predicted molar refractivity (Wildman–Crippen MR) is 62.0 cm³/mol. The van der Waals surface area contributed by atoms with Crippen LogP contribution in [0.3, 0.4) is 0 Å². The van der Waals surface area contributed by atoms with Gasteiger partial charge in [0.1, 0.15) is 0 Å². The minimum atomic E-state index is 0. The molecule has 0 atom stereocenters. The molecule has 0 radical (unpaired) electrons. The Morgan fingerprint density at radius 3 is 0.800 bits per heavy atom. The summed E-state index contributed by atoms with van der Waals surface area (Å²) in [7, 11) is 0. The molecule has 0 aliphatic carbocycles. The van der Waals surface area contributed by atoms with E-state index in [0.29, 0.717) is 0 Å². The zero-order valence-corrected chi connectivity index (χ0v) is 14.4. The number of hydrogen-bond acceptors (Lipinski definition) is 0. The maximum atomic E-state index is 2.19. The summed E-state index contributed by atoms with van der Waals surface area (Å²) in [6.07, 6.45) is 0. The molecule has 38 valence electrons. The van der Waals surface area contributed by atoms with E-state index in [4.69, 9.17) is 0 Å². The van der Waals surface area contributed by atoms with Gasteiger partial charge in [-0.2, -0.15) is 0 Å². The third-order valence-electron chi connectivity index (χ3n) is 0. The molecule has 0 aliphatic heterocycles. The van der Waals surface area contributed by atoms with Crippen molar-refractivity contribution in [1.82, 2.24) is 0 Å². The zero-order chi connectivity index (χ0) is 2.00. The van der Waals surface area contributed by atoms with Crippen molar-refractivity contribution in [2.75, 3.05) is 0 Å². The van der Waals surface area contributed by atoms with Gasteiger partial charge in [0.05, 0.1) is 0 Å². The van der Waals surface area contributed by atoms with Gasteiger partial charge in [0, 0.05) is 0 Å². The Hall–Kier alpha value is 2.73. The van der Waals surface area contributed by atoms with Crippen molar-refractivity contribution in [1.29, 1.82) is 0 Å². The fourth-order valence-electron chi connectivity index (χ4n) is 0. The predicted octanol–water partition coefficient (Wildman–Crippen LogP) is 1.25. The van der Waals surface area contributed by atoms with Crippen LogP contribution >= 0.6 is 71.9 Å². The Labute approximate surface area is 92.5 Å². The van der Waals surface area contributed by atoms with E-state index >= 15 is 0 Å². The van der Waals surface area contributed by atoms with Gasteiger partial charge >= 0.3 is 22.3 Å². The third kappa shape index (κ3) is 20.2. The van der Waals surface area contributed by atoms with E-state index in [1.807, 2.05) is 0 Å². The molecule has 0 aromatic rings. The Morgan fingerprint density at radius 1 is 0.800 bits per heavy atom. The average molecular weight is 474 g/mol. The van der Waals surface area contributed by atoms with Gasteiger partial charge in [-0.3, -0.25) is 0 Å².